The van der Waals surface area contributed by atoms with E-state index in [1.165, 1.54) is 98.7 Å². The highest BCUT2D eigenvalue weighted by molar-refractivity contribution is 6.22. The van der Waals surface area contributed by atoms with Crippen molar-refractivity contribution in [1.29, 1.82) is 0 Å². The number of allylic oxidation sites excluding steroid dienone is 4. The lowest BCUT2D eigenvalue weighted by atomic mass is 9.76. The lowest BCUT2D eigenvalue weighted by molar-refractivity contribution is 0.732. The lowest BCUT2D eigenvalue weighted by Gasteiger charge is -2.27. The molecule has 0 heteroatoms. The van der Waals surface area contributed by atoms with Crippen molar-refractivity contribution in [3.8, 4) is 33.4 Å². The molecule has 10 aromatic carbocycles. The van der Waals surface area contributed by atoms with Crippen molar-refractivity contribution >= 4 is 48.7 Å². The van der Waals surface area contributed by atoms with Crippen LogP contribution in [0.2, 0.25) is 0 Å². The third-order valence-corrected chi connectivity index (χ3v) is 12.2. The SMILES string of the molecule is C1=CC(c2ccccc2)C(c2ccccc2)C=C1c1ccc(-c2ccc3c(-c4ccc5ccccc5c4)c4ccccc4c(-c4ccc5ccccc5c4)c3c2)cc1. The smallest absolute Gasteiger partial charge is 0.0131 e. The van der Waals surface area contributed by atoms with Gasteiger partial charge in [0.2, 0.25) is 0 Å². The van der Waals surface area contributed by atoms with Crippen LogP contribution in [-0.4, -0.2) is 0 Å². The van der Waals surface area contributed by atoms with Crippen LogP contribution < -0.4 is 0 Å². The second kappa shape index (κ2) is 14.3. The number of rotatable bonds is 6. The van der Waals surface area contributed by atoms with Crippen molar-refractivity contribution in [3.63, 3.8) is 0 Å². The van der Waals surface area contributed by atoms with Crippen LogP contribution in [-0.2, 0) is 0 Å². The molecule has 0 aliphatic heterocycles. The molecule has 0 aromatic heterocycles. The zero-order valence-corrected chi connectivity index (χ0v) is 32.1. The fraction of sp³-hybridized carbons (Fsp3) is 0.0345. The molecule has 1 aliphatic rings. The van der Waals surface area contributed by atoms with E-state index >= 15 is 0 Å². The summed E-state index contributed by atoms with van der Waals surface area (Å²) < 4.78 is 0. The molecule has 2 atom stereocenters. The van der Waals surface area contributed by atoms with E-state index in [9.17, 15) is 0 Å². The average Bonchev–Trinajstić information content (AvgIpc) is 3.30. The largest absolute Gasteiger partial charge is 0.0755 e. The van der Waals surface area contributed by atoms with Crippen LogP contribution in [0.25, 0.3) is 82.0 Å². The predicted molar refractivity (Wildman–Crippen MR) is 248 cm³/mol. The summed E-state index contributed by atoms with van der Waals surface area (Å²) >= 11 is 0. The Labute approximate surface area is 339 Å². The van der Waals surface area contributed by atoms with Crippen molar-refractivity contribution in [1.82, 2.24) is 0 Å². The van der Waals surface area contributed by atoms with E-state index < -0.39 is 0 Å². The predicted octanol–water partition coefficient (Wildman–Crippen LogP) is 15.8. The minimum atomic E-state index is 0.254. The normalized spacial score (nSPS) is 15.3. The first-order chi connectivity index (χ1) is 28.7. The molecule has 11 rings (SSSR count). The standard InChI is InChI=1S/C58H40/c1-3-15-43(16-4-1)51-33-31-47(37-55(51)44-17-5-2-6-18-44)41-23-25-42(26-24-41)48-32-34-54-56(38-48)58(50-30-28-40-14-8-10-20-46(40)36-50)53-22-12-11-21-52(53)57(54)49-29-27-39-13-7-9-19-45(39)35-49/h1-38,51,55H. The fourth-order valence-corrected chi connectivity index (χ4v) is 9.37. The summed E-state index contributed by atoms with van der Waals surface area (Å²) in [4.78, 5) is 0. The van der Waals surface area contributed by atoms with Gasteiger partial charge in [-0.2, -0.15) is 0 Å². The van der Waals surface area contributed by atoms with Gasteiger partial charge in [0.25, 0.3) is 0 Å². The average molecular weight is 737 g/mol. The van der Waals surface area contributed by atoms with Crippen molar-refractivity contribution < 1.29 is 0 Å². The van der Waals surface area contributed by atoms with Gasteiger partial charge < -0.3 is 0 Å². The van der Waals surface area contributed by atoms with Crippen molar-refractivity contribution in [2.45, 2.75) is 11.8 Å². The molecule has 1 aliphatic carbocycles. The van der Waals surface area contributed by atoms with Crippen molar-refractivity contribution in [2.24, 2.45) is 0 Å². The van der Waals surface area contributed by atoms with Crippen LogP contribution in [0, 0.1) is 0 Å². The fourth-order valence-electron chi connectivity index (χ4n) is 9.37. The Morgan fingerprint density at radius 3 is 1.33 bits per heavy atom. The first-order valence-corrected chi connectivity index (χ1v) is 20.3. The molecule has 0 saturated carbocycles. The molecule has 0 bridgehead atoms. The van der Waals surface area contributed by atoms with Gasteiger partial charge in [0.05, 0.1) is 0 Å². The zero-order valence-electron chi connectivity index (χ0n) is 32.1. The molecule has 0 fully saturated rings. The van der Waals surface area contributed by atoms with Crippen molar-refractivity contribution in [3.05, 3.63) is 247 Å². The maximum Gasteiger partial charge on any atom is 0.0131 e. The first-order valence-electron chi connectivity index (χ1n) is 20.3. The van der Waals surface area contributed by atoms with Gasteiger partial charge in [-0.15, -0.1) is 0 Å². The maximum absolute atomic E-state index is 2.47. The molecule has 10 aromatic rings. The molecule has 0 radical (unpaired) electrons. The van der Waals surface area contributed by atoms with Crippen molar-refractivity contribution in [2.75, 3.05) is 0 Å². The third kappa shape index (κ3) is 6.02. The van der Waals surface area contributed by atoms with Gasteiger partial charge in [-0.1, -0.05) is 212 Å². The zero-order chi connectivity index (χ0) is 38.4. The Hall–Kier alpha value is -7.28. The van der Waals surface area contributed by atoms with Gasteiger partial charge in [-0.25, -0.2) is 0 Å². The van der Waals surface area contributed by atoms with E-state index in [1.54, 1.807) is 0 Å². The topological polar surface area (TPSA) is 0 Å². The van der Waals surface area contributed by atoms with Gasteiger partial charge in [0.1, 0.15) is 0 Å². The second-order valence-corrected chi connectivity index (χ2v) is 15.6. The number of hydrogen-bond acceptors (Lipinski definition) is 0. The highest BCUT2D eigenvalue weighted by Crippen LogP contribution is 2.46. The summed E-state index contributed by atoms with van der Waals surface area (Å²) in [6, 6.07) is 78.3. The highest BCUT2D eigenvalue weighted by Gasteiger charge is 2.25. The second-order valence-electron chi connectivity index (χ2n) is 15.6. The van der Waals surface area contributed by atoms with Crippen LogP contribution in [0.15, 0.2) is 231 Å². The summed E-state index contributed by atoms with van der Waals surface area (Å²) in [6.45, 7) is 0. The van der Waals surface area contributed by atoms with E-state index in [4.69, 9.17) is 0 Å². The number of benzene rings is 10. The van der Waals surface area contributed by atoms with Crippen LogP contribution >= 0.6 is 0 Å². The van der Waals surface area contributed by atoms with E-state index in [-0.39, 0.29) is 11.8 Å². The molecule has 272 valence electrons. The first kappa shape index (κ1) is 34.0. The summed E-state index contributed by atoms with van der Waals surface area (Å²) in [6.07, 6.45) is 7.18. The third-order valence-electron chi connectivity index (χ3n) is 12.2. The van der Waals surface area contributed by atoms with E-state index in [0.717, 1.165) is 0 Å². The van der Waals surface area contributed by atoms with Crippen LogP contribution in [0.3, 0.4) is 0 Å². The van der Waals surface area contributed by atoms with Gasteiger partial charge in [-0.05, 0) is 117 Å². The Kier molecular flexibility index (Phi) is 8.41. The number of hydrogen-bond donors (Lipinski definition) is 0. The quantitative estimate of drug-likeness (QED) is 0.149. The Balaban J connectivity index is 1.06. The lowest BCUT2D eigenvalue weighted by Crippen LogP contribution is -2.11. The minimum absolute atomic E-state index is 0.254. The van der Waals surface area contributed by atoms with Gasteiger partial charge in [-0.3, -0.25) is 0 Å². The van der Waals surface area contributed by atoms with Crippen LogP contribution in [0.1, 0.15) is 28.5 Å². The van der Waals surface area contributed by atoms with E-state index in [2.05, 4.69) is 231 Å². The highest BCUT2D eigenvalue weighted by atomic mass is 14.3. The Morgan fingerprint density at radius 2 is 0.724 bits per heavy atom. The molecule has 2 unspecified atom stereocenters. The summed E-state index contributed by atoms with van der Waals surface area (Å²) in [5.41, 5.74) is 12.6. The van der Waals surface area contributed by atoms with Crippen LogP contribution in [0.4, 0.5) is 0 Å². The van der Waals surface area contributed by atoms with E-state index in [0.29, 0.717) is 0 Å². The van der Waals surface area contributed by atoms with E-state index in [1.807, 2.05) is 0 Å². The molecule has 0 spiro atoms. The van der Waals surface area contributed by atoms with Crippen LogP contribution in [0.5, 0.6) is 0 Å². The molecular weight excluding hydrogens is 697 g/mol. The summed E-state index contributed by atoms with van der Waals surface area (Å²) in [5.74, 6) is 0.542. The minimum Gasteiger partial charge on any atom is -0.0755 e. The monoisotopic (exact) mass is 736 g/mol. The molecular formula is C58H40. The Bertz CT molecular complexity index is 3200. The molecule has 58 heavy (non-hydrogen) atoms. The molecule has 0 heterocycles. The molecule has 0 amide bonds. The summed E-state index contributed by atoms with van der Waals surface area (Å²) in [7, 11) is 0. The number of fused-ring (bicyclic) bond motifs is 4. The maximum atomic E-state index is 2.47. The summed E-state index contributed by atoms with van der Waals surface area (Å²) in [5, 5.41) is 10.1. The molecule has 0 N–H and O–H groups in total. The van der Waals surface area contributed by atoms with Gasteiger partial charge in [0, 0.05) is 11.8 Å². The molecule has 0 saturated heterocycles. The van der Waals surface area contributed by atoms with Gasteiger partial charge in [0.15, 0.2) is 0 Å². The van der Waals surface area contributed by atoms with Gasteiger partial charge >= 0.3 is 0 Å². The molecule has 0 nitrogen and oxygen atoms in total. The Morgan fingerprint density at radius 1 is 0.276 bits per heavy atom.